The van der Waals surface area contributed by atoms with Crippen LogP contribution in [0.15, 0.2) is 42.5 Å². The van der Waals surface area contributed by atoms with Gasteiger partial charge in [-0.05, 0) is 73.5 Å². The van der Waals surface area contributed by atoms with E-state index >= 15 is 0 Å². The zero-order valence-electron chi connectivity index (χ0n) is 19.6. The van der Waals surface area contributed by atoms with Gasteiger partial charge < -0.3 is 19.1 Å². The van der Waals surface area contributed by atoms with Crippen molar-refractivity contribution < 1.29 is 19.0 Å². The van der Waals surface area contributed by atoms with Crippen LogP contribution in [0, 0.1) is 3.57 Å². The first-order valence-electron chi connectivity index (χ1n) is 10.9. The third-order valence-electron chi connectivity index (χ3n) is 5.26. The highest BCUT2D eigenvalue weighted by atomic mass is 127. The van der Waals surface area contributed by atoms with Gasteiger partial charge >= 0.3 is 6.09 Å². The van der Waals surface area contributed by atoms with Gasteiger partial charge in [0.05, 0.1) is 10.7 Å². The number of rotatable bonds is 6. The second kappa shape index (κ2) is 10.7. The molecule has 32 heavy (non-hydrogen) atoms. The summed E-state index contributed by atoms with van der Waals surface area (Å²) in [4.78, 5) is 16.7. The number of amides is 1. The van der Waals surface area contributed by atoms with Crippen LogP contribution in [-0.4, -0.2) is 54.3 Å². The summed E-state index contributed by atoms with van der Waals surface area (Å²) in [7, 11) is 1.67. The minimum absolute atomic E-state index is 0.0908. The fourth-order valence-electron chi connectivity index (χ4n) is 3.76. The number of ether oxygens (including phenoxy) is 3. The molecule has 1 aliphatic rings. The highest BCUT2D eigenvalue weighted by Crippen LogP contribution is 2.35. The molecule has 2 aromatic rings. The minimum Gasteiger partial charge on any atom is -0.493 e. The number of carbonyl (C=O) groups is 1. The van der Waals surface area contributed by atoms with Crippen molar-refractivity contribution in [1.82, 2.24) is 9.80 Å². The van der Waals surface area contributed by atoms with Crippen molar-refractivity contribution in [3.05, 3.63) is 57.2 Å². The average Bonchev–Trinajstić information content (AvgIpc) is 2.72. The zero-order valence-corrected chi connectivity index (χ0v) is 21.7. The van der Waals surface area contributed by atoms with Crippen LogP contribution < -0.4 is 9.47 Å². The zero-order chi connectivity index (χ0) is 23.3. The van der Waals surface area contributed by atoms with Crippen LogP contribution in [0.4, 0.5) is 4.79 Å². The quantitative estimate of drug-likeness (QED) is 0.455. The van der Waals surface area contributed by atoms with Gasteiger partial charge in [0.15, 0.2) is 11.5 Å². The van der Waals surface area contributed by atoms with Crippen molar-refractivity contribution in [2.24, 2.45) is 0 Å². The third-order valence-corrected chi connectivity index (χ3v) is 6.06. The van der Waals surface area contributed by atoms with E-state index in [4.69, 9.17) is 14.2 Å². The lowest BCUT2D eigenvalue weighted by Gasteiger charge is -2.40. The molecule has 3 rings (SSSR count). The number of nitrogens with zero attached hydrogens (tertiary/aromatic N) is 2. The van der Waals surface area contributed by atoms with E-state index in [0.29, 0.717) is 13.2 Å². The van der Waals surface area contributed by atoms with Gasteiger partial charge in [0.2, 0.25) is 0 Å². The number of hydrogen-bond acceptors (Lipinski definition) is 5. The summed E-state index contributed by atoms with van der Waals surface area (Å²) in [5, 5.41) is 0. The van der Waals surface area contributed by atoms with Crippen LogP contribution >= 0.6 is 22.6 Å². The van der Waals surface area contributed by atoms with Gasteiger partial charge in [-0.2, -0.15) is 0 Å². The van der Waals surface area contributed by atoms with E-state index in [-0.39, 0.29) is 12.1 Å². The molecule has 1 amide bonds. The molecule has 6 nitrogen and oxygen atoms in total. The molecule has 0 aromatic heterocycles. The summed E-state index contributed by atoms with van der Waals surface area (Å²) in [6, 6.07) is 14.4. The van der Waals surface area contributed by atoms with Gasteiger partial charge in [-0.1, -0.05) is 30.3 Å². The molecule has 0 saturated carbocycles. The molecule has 0 aliphatic carbocycles. The van der Waals surface area contributed by atoms with E-state index in [9.17, 15) is 4.79 Å². The molecule has 1 saturated heterocycles. The first-order chi connectivity index (χ1) is 15.2. The van der Waals surface area contributed by atoms with Crippen molar-refractivity contribution in [1.29, 1.82) is 0 Å². The van der Waals surface area contributed by atoms with Gasteiger partial charge in [-0.15, -0.1) is 0 Å². The van der Waals surface area contributed by atoms with E-state index < -0.39 is 5.60 Å². The number of piperazine rings is 1. The Morgan fingerprint density at radius 1 is 1.12 bits per heavy atom. The standard InChI is InChI=1S/C25H33IN2O4/c1-18-15-27(11-12-28(18)24(29)32-25(2,3)4)16-20-13-21(26)23(22(14-20)30-5)31-17-19-9-7-6-8-10-19/h6-10,13-14,18H,11-12,15-17H2,1-5H3. The van der Waals surface area contributed by atoms with E-state index in [1.54, 1.807) is 7.11 Å². The van der Waals surface area contributed by atoms with E-state index in [2.05, 4.69) is 40.5 Å². The fourth-order valence-corrected chi connectivity index (χ4v) is 4.58. The van der Waals surface area contributed by atoms with Gasteiger partial charge in [-0.25, -0.2) is 4.79 Å². The third kappa shape index (κ3) is 6.75. The molecule has 1 aliphatic heterocycles. The Labute approximate surface area is 205 Å². The maximum atomic E-state index is 12.5. The van der Waals surface area contributed by atoms with Crippen LogP contribution in [0.25, 0.3) is 0 Å². The molecule has 1 fully saturated rings. The molecule has 174 valence electrons. The normalized spacial score (nSPS) is 17.2. The second-order valence-corrected chi connectivity index (χ2v) is 10.3. The Morgan fingerprint density at radius 3 is 2.47 bits per heavy atom. The van der Waals surface area contributed by atoms with Gasteiger partial charge in [0, 0.05) is 32.2 Å². The lowest BCUT2D eigenvalue weighted by molar-refractivity contribution is 0.000553. The summed E-state index contributed by atoms with van der Waals surface area (Å²) < 4.78 is 18.3. The van der Waals surface area contributed by atoms with Crippen LogP contribution in [0.1, 0.15) is 38.8 Å². The Hall–Kier alpha value is -2.00. The SMILES string of the molecule is COc1cc(CN2CCN(C(=O)OC(C)(C)C)C(C)C2)cc(I)c1OCc1ccccc1. The van der Waals surface area contributed by atoms with Crippen molar-refractivity contribution in [2.75, 3.05) is 26.7 Å². The molecule has 0 N–H and O–H groups in total. The smallest absolute Gasteiger partial charge is 0.410 e. The van der Waals surface area contributed by atoms with Crippen molar-refractivity contribution >= 4 is 28.7 Å². The molecule has 0 spiro atoms. The number of benzene rings is 2. The number of carbonyl (C=O) groups excluding carboxylic acids is 1. The predicted molar refractivity (Wildman–Crippen MR) is 134 cm³/mol. The Kier molecular flexibility index (Phi) is 8.27. The van der Waals surface area contributed by atoms with E-state index in [1.807, 2.05) is 62.1 Å². The topological polar surface area (TPSA) is 51.2 Å². The molecule has 0 bridgehead atoms. The molecular formula is C25H33IN2O4. The molecule has 1 atom stereocenters. The largest absolute Gasteiger partial charge is 0.493 e. The molecular weight excluding hydrogens is 519 g/mol. The van der Waals surface area contributed by atoms with Gasteiger partial charge in [0.25, 0.3) is 0 Å². The van der Waals surface area contributed by atoms with Crippen molar-refractivity contribution in [2.45, 2.75) is 52.5 Å². The minimum atomic E-state index is -0.481. The molecule has 7 heteroatoms. The summed E-state index contributed by atoms with van der Waals surface area (Å²) in [5.41, 5.74) is 1.80. The molecule has 1 unspecified atom stereocenters. The highest BCUT2D eigenvalue weighted by molar-refractivity contribution is 14.1. The lowest BCUT2D eigenvalue weighted by Crippen LogP contribution is -2.54. The Morgan fingerprint density at radius 2 is 1.84 bits per heavy atom. The average molecular weight is 552 g/mol. The number of hydrogen-bond donors (Lipinski definition) is 0. The van der Waals surface area contributed by atoms with Crippen molar-refractivity contribution in [3.63, 3.8) is 0 Å². The maximum Gasteiger partial charge on any atom is 0.410 e. The lowest BCUT2D eigenvalue weighted by atomic mass is 10.1. The molecule has 1 heterocycles. The summed E-state index contributed by atoms with van der Waals surface area (Å²) in [6.45, 7) is 11.3. The summed E-state index contributed by atoms with van der Waals surface area (Å²) in [6.07, 6.45) is -0.235. The van der Waals surface area contributed by atoms with Crippen LogP contribution in [0.2, 0.25) is 0 Å². The van der Waals surface area contributed by atoms with Crippen LogP contribution in [0.5, 0.6) is 11.5 Å². The first kappa shape index (κ1) is 24.6. The summed E-state index contributed by atoms with van der Waals surface area (Å²) in [5.74, 6) is 1.51. The first-order valence-corrected chi connectivity index (χ1v) is 12.0. The monoisotopic (exact) mass is 552 g/mol. The summed E-state index contributed by atoms with van der Waals surface area (Å²) >= 11 is 2.31. The van der Waals surface area contributed by atoms with Crippen molar-refractivity contribution in [3.8, 4) is 11.5 Å². The Bertz CT molecular complexity index is 914. The predicted octanol–water partition coefficient (Wildman–Crippen LogP) is 5.32. The van der Waals surface area contributed by atoms with Gasteiger partial charge in [0.1, 0.15) is 12.2 Å². The van der Waals surface area contributed by atoms with Gasteiger partial charge in [-0.3, -0.25) is 4.90 Å². The Balaban J connectivity index is 1.63. The maximum absolute atomic E-state index is 12.5. The van der Waals surface area contributed by atoms with Crippen LogP contribution in [-0.2, 0) is 17.9 Å². The highest BCUT2D eigenvalue weighted by Gasteiger charge is 2.31. The van der Waals surface area contributed by atoms with E-state index in [0.717, 1.165) is 45.8 Å². The van der Waals surface area contributed by atoms with E-state index in [1.165, 1.54) is 0 Å². The number of halogens is 1. The fraction of sp³-hybridized carbons (Fsp3) is 0.480. The van der Waals surface area contributed by atoms with Crippen LogP contribution in [0.3, 0.4) is 0 Å². The number of methoxy groups -OCH3 is 1. The molecule has 0 radical (unpaired) electrons. The molecule has 2 aromatic carbocycles. The second-order valence-electron chi connectivity index (χ2n) is 9.14.